The van der Waals surface area contributed by atoms with Crippen LogP contribution in [0.3, 0.4) is 0 Å². The highest BCUT2D eigenvalue weighted by Crippen LogP contribution is 2.20. The molecule has 0 aliphatic carbocycles. The molecule has 2 heterocycles. The van der Waals surface area contributed by atoms with Crippen molar-refractivity contribution < 1.29 is 9.60 Å². The van der Waals surface area contributed by atoms with Gasteiger partial charge in [-0.15, -0.1) is 0 Å². The molecule has 28 heavy (non-hydrogen) atoms. The molecule has 150 valence electrons. The maximum Gasteiger partial charge on any atom is 0.332 e. The number of halogens is 1. The van der Waals surface area contributed by atoms with Crippen LogP contribution in [0.4, 0.5) is 10.2 Å². The number of nitrogens with zero attached hydrogens (tertiary/aromatic N) is 4. The van der Waals surface area contributed by atoms with Crippen molar-refractivity contribution in [2.45, 2.75) is 25.4 Å². The van der Waals surface area contributed by atoms with E-state index in [-0.39, 0.29) is 18.4 Å². The second-order valence-corrected chi connectivity index (χ2v) is 6.90. The summed E-state index contributed by atoms with van der Waals surface area (Å²) in [6, 6.07) is 5.09. The van der Waals surface area contributed by atoms with Gasteiger partial charge in [0.1, 0.15) is 11.6 Å². The molecular weight excluding hydrogens is 367 g/mol. The van der Waals surface area contributed by atoms with Crippen LogP contribution in [-0.2, 0) is 13.6 Å². The Hall–Kier alpha value is -3.14. The number of hydrogen-bond donors (Lipinski definition) is 3. The van der Waals surface area contributed by atoms with Gasteiger partial charge in [-0.3, -0.25) is 13.9 Å². The van der Waals surface area contributed by atoms with E-state index in [4.69, 9.17) is 16.7 Å². The minimum atomic E-state index is -0.545. The van der Waals surface area contributed by atoms with Crippen LogP contribution >= 0.6 is 0 Å². The van der Waals surface area contributed by atoms with Gasteiger partial charge in [-0.05, 0) is 36.6 Å². The van der Waals surface area contributed by atoms with Gasteiger partial charge in [-0.25, -0.2) is 9.18 Å². The van der Waals surface area contributed by atoms with Crippen molar-refractivity contribution in [2.75, 3.05) is 18.0 Å². The van der Waals surface area contributed by atoms with Crippen molar-refractivity contribution in [3.8, 4) is 0 Å². The number of rotatable bonds is 4. The van der Waals surface area contributed by atoms with E-state index in [9.17, 15) is 14.0 Å². The fourth-order valence-corrected chi connectivity index (χ4v) is 3.45. The third-order valence-corrected chi connectivity index (χ3v) is 4.94. The highest BCUT2D eigenvalue weighted by Gasteiger charge is 2.22. The Morgan fingerprint density at radius 2 is 2.11 bits per heavy atom. The molecule has 1 fully saturated rings. The second kappa shape index (κ2) is 7.85. The van der Waals surface area contributed by atoms with Gasteiger partial charge < -0.3 is 21.6 Å². The summed E-state index contributed by atoms with van der Waals surface area (Å²) in [4.78, 5) is 27.0. The predicted octanol–water partition coefficient (Wildman–Crippen LogP) is -0.244. The summed E-state index contributed by atoms with van der Waals surface area (Å²) in [5.74, 6) is -0.309. The Balaban J connectivity index is 2.15. The first-order valence-electron chi connectivity index (χ1n) is 8.89. The average Bonchev–Trinajstić information content (AvgIpc) is 2.67. The molecule has 1 aromatic heterocycles. The lowest BCUT2D eigenvalue weighted by Gasteiger charge is -2.34. The minimum Gasteiger partial charge on any atom is -0.409 e. The van der Waals surface area contributed by atoms with Crippen molar-refractivity contribution in [1.29, 1.82) is 0 Å². The van der Waals surface area contributed by atoms with Crippen molar-refractivity contribution in [3.05, 3.63) is 62.0 Å². The molecule has 3 rings (SSSR count). The normalized spacial score (nSPS) is 17.8. The van der Waals surface area contributed by atoms with Gasteiger partial charge in [0.2, 0.25) is 0 Å². The molecule has 10 heteroatoms. The highest BCUT2D eigenvalue weighted by molar-refractivity contribution is 5.98. The molecule has 0 amide bonds. The molecule has 2 aromatic rings. The van der Waals surface area contributed by atoms with E-state index in [1.807, 2.05) is 4.90 Å². The summed E-state index contributed by atoms with van der Waals surface area (Å²) < 4.78 is 16.2. The molecule has 0 radical (unpaired) electrons. The van der Waals surface area contributed by atoms with Crippen LogP contribution in [-0.4, -0.2) is 39.3 Å². The zero-order valence-corrected chi connectivity index (χ0v) is 15.5. The Morgan fingerprint density at radius 3 is 2.79 bits per heavy atom. The number of oxime groups is 1. The first kappa shape index (κ1) is 19.6. The fourth-order valence-electron chi connectivity index (χ4n) is 3.45. The van der Waals surface area contributed by atoms with Gasteiger partial charge in [0.05, 0.1) is 6.54 Å². The summed E-state index contributed by atoms with van der Waals surface area (Å²) in [6.07, 6.45) is 1.70. The molecule has 0 spiro atoms. The van der Waals surface area contributed by atoms with E-state index < -0.39 is 17.1 Å². The van der Waals surface area contributed by atoms with E-state index in [1.165, 1.54) is 35.9 Å². The number of amidine groups is 1. The van der Waals surface area contributed by atoms with Crippen LogP contribution in [0.1, 0.15) is 24.0 Å². The lowest BCUT2D eigenvalue weighted by Crippen LogP contribution is -2.47. The van der Waals surface area contributed by atoms with E-state index in [2.05, 4.69) is 5.16 Å². The average molecular weight is 390 g/mol. The van der Waals surface area contributed by atoms with E-state index >= 15 is 0 Å². The van der Waals surface area contributed by atoms with E-state index in [0.29, 0.717) is 30.0 Å². The smallest absolute Gasteiger partial charge is 0.332 e. The molecule has 5 N–H and O–H groups in total. The van der Waals surface area contributed by atoms with Gasteiger partial charge in [0.25, 0.3) is 5.56 Å². The standard InChI is InChI=1S/C18H23FN6O3/c1-23-16(26)8-15(24-6-2-3-13(20)10-24)25(18(23)27)9-11-7-12(19)4-5-14(11)17(21)22-28/h4-5,7-8,13,28H,2-3,6,9-10,20H2,1H3,(H2,21,22)/t13-/m1/s1. The molecule has 0 bridgehead atoms. The number of piperidine rings is 1. The summed E-state index contributed by atoms with van der Waals surface area (Å²) in [5, 5.41) is 12.0. The van der Waals surface area contributed by atoms with Gasteiger partial charge >= 0.3 is 5.69 Å². The van der Waals surface area contributed by atoms with Crippen LogP contribution in [0.25, 0.3) is 0 Å². The zero-order valence-electron chi connectivity index (χ0n) is 15.5. The molecule has 1 saturated heterocycles. The van der Waals surface area contributed by atoms with Gasteiger partial charge in [0, 0.05) is 37.8 Å². The van der Waals surface area contributed by atoms with Crippen molar-refractivity contribution >= 4 is 11.7 Å². The van der Waals surface area contributed by atoms with Gasteiger partial charge in [-0.1, -0.05) is 5.16 Å². The predicted molar refractivity (Wildman–Crippen MR) is 103 cm³/mol. The van der Waals surface area contributed by atoms with Gasteiger partial charge in [-0.2, -0.15) is 0 Å². The topological polar surface area (TPSA) is 132 Å². The lowest BCUT2D eigenvalue weighted by atomic mass is 10.1. The number of aromatic nitrogens is 2. The number of anilines is 1. The molecule has 1 aromatic carbocycles. The summed E-state index contributed by atoms with van der Waals surface area (Å²) >= 11 is 0. The fraction of sp³-hybridized carbons (Fsp3) is 0.389. The monoisotopic (exact) mass is 390 g/mol. The molecule has 1 atom stereocenters. The van der Waals surface area contributed by atoms with Gasteiger partial charge in [0.15, 0.2) is 5.84 Å². The number of nitrogens with two attached hydrogens (primary N) is 2. The van der Waals surface area contributed by atoms with E-state index in [0.717, 1.165) is 17.4 Å². The lowest BCUT2D eigenvalue weighted by molar-refractivity contribution is 0.318. The molecule has 1 aliphatic rings. The molecular formula is C18H23FN6O3. The molecule has 1 aliphatic heterocycles. The Labute approximate surface area is 160 Å². The minimum absolute atomic E-state index is 0.0582. The Kier molecular flexibility index (Phi) is 5.50. The third kappa shape index (κ3) is 3.77. The highest BCUT2D eigenvalue weighted by atomic mass is 19.1. The van der Waals surface area contributed by atoms with Crippen LogP contribution in [0.2, 0.25) is 0 Å². The molecule has 9 nitrogen and oxygen atoms in total. The zero-order chi connectivity index (χ0) is 20.4. The van der Waals surface area contributed by atoms with Crippen LogP contribution < -0.4 is 27.6 Å². The first-order valence-corrected chi connectivity index (χ1v) is 8.89. The number of hydrogen-bond acceptors (Lipinski definition) is 6. The second-order valence-electron chi connectivity index (χ2n) is 6.90. The maximum absolute atomic E-state index is 13.9. The van der Waals surface area contributed by atoms with Crippen LogP contribution in [0.5, 0.6) is 0 Å². The van der Waals surface area contributed by atoms with E-state index in [1.54, 1.807) is 0 Å². The maximum atomic E-state index is 13.9. The largest absolute Gasteiger partial charge is 0.409 e. The number of benzene rings is 1. The Bertz CT molecular complexity index is 1030. The summed E-state index contributed by atoms with van der Waals surface area (Å²) in [6.45, 7) is 1.09. The first-order chi connectivity index (χ1) is 13.3. The van der Waals surface area contributed by atoms with Crippen molar-refractivity contribution in [3.63, 3.8) is 0 Å². The van der Waals surface area contributed by atoms with Crippen molar-refractivity contribution in [1.82, 2.24) is 9.13 Å². The van der Waals surface area contributed by atoms with Crippen molar-refractivity contribution in [2.24, 2.45) is 23.7 Å². The summed E-state index contributed by atoms with van der Waals surface area (Å²) in [7, 11) is 1.38. The summed E-state index contributed by atoms with van der Waals surface area (Å²) in [5.41, 5.74) is 11.4. The molecule has 0 unspecified atom stereocenters. The molecule has 0 saturated carbocycles. The third-order valence-electron chi connectivity index (χ3n) is 4.94. The van der Waals surface area contributed by atoms with Crippen LogP contribution in [0.15, 0.2) is 39.0 Å². The van der Waals surface area contributed by atoms with Crippen LogP contribution in [0, 0.1) is 5.82 Å². The quantitative estimate of drug-likeness (QED) is 0.286. The Morgan fingerprint density at radius 1 is 1.36 bits per heavy atom. The SMILES string of the molecule is Cn1c(=O)cc(N2CCC[C@@H](N)C2)n(Cc2cc(F)ccc2/C(N)=N\O)c1=O.